The molecule has 1 aromatic rings. The van der Waals surface area contributed by atoms with Crippen molar-refractivity contribution in [2.24, 2.45) is 0 Å². The van der Waals surface area contributed by atoms with E-state index in [1.54, 1.807) is 6.33 Å². The zero-order valence-electron chi connectivity index (χ0n) is 5.95. The van der Waals surface area contributed by atoms with E-state index in [1.165, 1.54) is 0 Å². The molecule has 1 heterocycles. The molecule has 0 fully saturated rings. The van der Waals surface area contributed by atoms with Gasteiger partial charge in [-0.1, -0.05) is 0 Å². The highest BCUT2D eigenvalue weighted by atomic mass is 16.1. The highest BCUT2D eigenvalue weighted by Gasteiger charge is 1.93. The summed E-state index contributed by atoms with van der Waals surface area (Å²) in [6, 6.07) is 0. The molecule has 54 valence electrons. The van der Waals surface area contributed by atoms with Crippen molar-refractivity contribution in [3.63, 3.8) is 0 Å². The summed E-state index contributed by atoms with van der Waals surface area (Å²) in [7, 11) is 0. The van der Waals surface area contributed by atoms with Gasteiger partial charge in [0.25, 0.3) is 0 Å². The maximum atomic E-state index is 10.0. The molecular weight excluding hydrogens is 128 g/mol. The fraction of sp³-hybridized carbons (Fsp3) is 0.429. The highest BCUT2D eigenvalue weighted by molar-refractivity contribution is 5.53. The molecule has 0 amide bonds. The van der Waals surface area contributed by atoms with Gasteiger partial charge in [0.2, 0.25) is 0 Å². The van der Waals surface area contributed by atoms with Crippen LogP contribution in [0.25, 0.3) is 0 Å². The van der Waals surface area contributed by atoms with Crippen molar-refractivity contribution >= 4 is 6.29 Å². The minimum Gasteiger partial charge on any atom is -0.337 e. The second-order valence-electron chi connectivity index (χ2n) is 2.07. The molecule has 0 spiro atoms. The Morgan fingerprint density at radius 2 is 2.60 bits per heavy atom. The Hall–Kier alpha value is -1.12. The molecule has 0 saturated carbocycles. The minimum absolute atomic E-state index is 0.424. The monoisotopic (exact) mass is 138 g/mol. The quantitative estimate of drug-likeness (QED) is 0.574. The average molecular weight is 138 g/mol. The standard InChI is InChI=1S/C7H10N2O/c1-2-9-5-7(3-4-10)8-6-9/h4-6H,2-3H2,1H3. The van der Waals surface area contributed by atoms with Crippen LogP contribution < -0.4 is 0 Å². The van der Waals surface area contributed by atoms with E-state index in [9.17, 15) is 4.79 Å². The third-order valence-corrected chi connectivity index (χ3v) is 1.34. The summed E-state index contributed by atoms with van der Waals surface area (Å²) in [5.41, 5.74) is 0.844. The first-order valence-electron chi connectivity index (χ1n) is 3.31. The summed E-state index contributed by atoms with van der Waals surface area (Å²) in [6.45, 7) is 2.94. The Balaban J connectivity index is 2.67. The lowest BCUT2D eigenvalue weighted by atomic mass is 10.4. The molecule has 1 rings (SSSR count). The predicted octanol–water partition coefficient (Wildman–Crippen LogP) is 0.644. The number of carbonyl (C=O) groups is 1. The van der Waals surface area contributed by atoms with Gasteiger partial charge in [0.05, 0.1) is 12.0 Å². The summed E-state index contributed by atoms with van der Waals surface area (Å²) in [5, 5.41) is 0. The number of imidazole rings is 1. The van der Waals surface area contributed by atoms with Gasteiger partial charge in [0.1, 0.15) is 6.29 Å². The lowest BCUT2D eigenvalue weighted by Crippen LogP contribution is -1.88. The normalized spacial score (nSPS) is 9.70. The van der Waals surface area contributed by atoms with Gasteiger partial charge in [-0.15, -0.1) is 0 Å². The number of aromatic nitrogens is 2. The summed E-state index contributed by atoms with van der Waals surface area (Å²) in [6.07, 6.45) is 4.91. The van der Waals surface area contributed by atoms with Crippen molar-refractivity contribution in [1.82, 2.24) is 9.55 Å². The number of aryl methyl sites for hydroxylation is 1. The number of aldehydes is 1. The first-order valence-corrected chi connectivity index (χ1v) is 3.31. The van der Waals surface area contributed by atoms with Crippen LogP contribution in [0, 0.1) is 0 Å². The molecule has 3 nitrogen and oxygen atoms in total. The number of carbonyl (C=O) groups excluding carboxylic acids is 1. The van der Waals surface area contributed by atoms with Gasteiger partial charge < -0.3 is 9.36 Å². The Bertz CT molecular complexity index is 217. The fourth-order valence-electron chi connectivity index (χ4n) is 0.770. The van der Waals surface area contributed by atoms with Crippen molar-refractivity contribution in [3.05, 3.63) is 18.2 Å². The van der Waals surface area contributed by atoms with Gasteiger partial charge in [-0.25, -0.2) is 4.98 Å². The lowest BCUT2D eigenvalue weighted by Gasteiger charge is -1.89. The largest absolute Gasteiger partial charge is 0.337 e. The molecule has 0 radical (unpaired) electrons. The lowest BCUT2D eigenvalue weighted by molar-refractivity contribution is -0.107. The van der Waals surface area contributed by atoms with E-state index in [4.69, 9.17) is 0 Å². The SMILES string of the molecule is CCn1cnc(CC=O)c1. The molecule has 0 saturated heterocycles. The first-order chi connectivity index (χ1) is 4.86. The number of nitrogens with zero attached hydrogens (tertiary/aromatic N) is 2. The highest BCUT2D eigenvalue weighted by Crippen LogP contribution is 1.94. The molecule has 0 aliphatic heterocycles. The van der Waals surface area contributed by atoms with Crippen molar-refractivity contribution in [1.29, 1.82) is 0 Å². The molecule has 3 heteroatoms. The van der Waals surface area contributed by atoms with Crippen LogP contribution in [0.4, 0.5) is 0 Å². The van der Waals surface area contributed by atoms with E-state index in [2.05, 4.69) is 4.98 Å². The van der Waals surface area contributed by atoms with Gasteiger partial charge in [0, 0.05) is 19.2 Å². The topological polar surface area (TPSA) is 34.9 Å². The fourth-order valence-corrected chi connectivity index (χ4v) is 0.770. The van der Waals surface area contributed by atoms with Crippen molar-refractivity contribution in [2.75, 3.05) is 0 Å². The van der Waals surface area contributed by atoms with Crippen LogP contribution in [0.5, 0.6) is 0 Å². The summed E-state index contributed by atoms with van der Waals surface area (Å²) >= 11 is 0. The van der Waals surface area contributed by atoms with E-state index < -0.39 is 0 Å². The Morgan fingerprint density at radius 1 is 1.80 bits per heavy atom. The second kappa shape index (κ2) is 3.15. The van der Waals surface area contributed by atoms with E-state index in [-0.39, 0.29) is 0 Å². The average Bonchev–Trinajstić information content (AvgIpc) is 2.37. The minimum atomic E-state index is 0.424. The van der Waals surface area contributed by atoms with E-state index in [0.717, 1.165) is 18.5 Å². The van der Waals surface area contributed by atoms with Crippen molar-refractivity contribution in [3.8, 4) is 0 Å². The maximum absolute atomic E-state index is 10.0. The molecular formula is C7H10N2O. The van der Waals surface area contributed by atoms with Crippen LogP contribution in [0.2, 0.25) is 0 Å². The maximum Gasteiger partial charge on any atom is 0.125 e. The van der Waals surface area contributed by atoms with Gasteiger partial charge >= 0.3 is 0 Å². The molecule has 1 aromatic heterocycles. The van der Waals surface area contributed by atoms with Crippen LogP contribution in [-0.4, -0.2) is 15.8 Å². The summed E-state index contributed by atoms with van der Waals surface area (Å²) < 4.78 is 1.94. The zero-order chi connectivity index (χ0) is 7.40. The van der Waals surface area contributed by atoms with Gasteiger partial charge in [-0.05, 0) is 6.92 Å². The Morgan fingerprint density at radius 3 is 3.10 bits per heavy atom. The van der Waals surface area contributed by atoms with Crippen molar-refractivity contribution < 1.29 is 4.79 Å². The molecule has 0 atom stereocenters. The van der Waals surface area contributed by atoms with Gasteiger partial charge in [-0.3, -0.25) is 0 Å². The third-order valence-electron chi connectivity index (χ3n) is 1.34. The Labute approximate surface area is 59.7 Å². The number of hydrogen-bond acceptors (Lipinski definition) is 2. The van der Waals surface area contributed by atoms with E-state index >= 15 is 0 Å². The molecule has 0 aliphatic carbocycles. The number of hydrogen-bond donors (Lipinski definition) is 0. The molecule has 0 aromatic carbocycles. The molecule has 10 heavy (non-hydrogen) atoms. The van der Waals surface area contributed by atoms with Crippen molar-refractivity contribution in [2.45, 2.75) is 19.9 Å². The zero-order valence-corrected chi connectivity index (χ0v) is 5.95. The summed E-state index contributed by atoms with van der Waals surface area (Å²) in [5.74, 6) is 0. The van der Waals surface area contributed by atoms with E-state index in [1.807, 2.05) is 17.7 Å². The Kier molecular flexibility index (Phi) is 2.20. The molecule has 0 unspecified atom stereocenters. The second-order valence-corrected chi connectivity index (χ2v) is 2.07. The molecule has 0 aliphatic rings. The predicted molar refractivity (Wildman–Crippen MR) is 37.7 cm³/mol. The van der Waals surface area contributed by atoms with Crippen LogP contribution >= 0.6 is 0 Å². The molecule has 0 bridgehead atoms. The van der Waals surface area contributed by atoms with Crippen LogP contribution in [0.15, 0.2) is 12.5 Å². The van der Waals surface area contributed by atoms with Crippen LogP contribution in [-0.2, 0) is 17.8 Å². The van der Waals surface area contributed by atoms with E-state index in [0.29, 0.717) is 6.42 Å². The smallest absolute Gasteiger partial charge is 0.125 e. The third kappa shape index (κ3) is 1.43. The van der Waals surface area contributed by atoms with Gasteiger partial charge in [0.15, 0.2) is 0 Å². The first kappa shape index (κ1) is 6.99. The number of rotatable bonds is 3. The van der Waals surface area contributed by atoms with Gasteiger partial charge in [-0.2, -0.15) is 0 Å². The summed E-state index contributed by atoms with van der Waals surface area (Å²) in [4.78, 5) is 14.0. The molecule has 0 N–H and O–H groups in total. The van der Waals surface area contributed by atoms with Crippen LogP contribution in [0.3, 0.4) is 0 Å². The van der Waals surface area contributed by atoms with Crippen LogP contribution in [0.1, 0.15) is 12.6 Å².